The van der Waals surface area contributed by atoms with Gasteiger partial charge in [0.25, 0.3) is 0 Å². The van der Waals surface area contributed by atoms with E-state index in [-0.39, 0.29) is 17.2 Å². The van der Waals surface area contributed by atoms with Crippen molar-refractivity contribution >= 4 is 11.6 Å². The minimum Gasteiger partial charge on any atom is -0.420 e. The molecule has 1 fully saturated rings. The molecule has 0 saturated carbocycles. The second-order valence-electron chi connectivity index (χ2n) is 9.90. The summed E-state index contributed by atoms with van der Waals surface area (Å²) < 4.78 is 7.95. The maximum Gasteiger partial charge on any atom is 0.247 e. The SMILES string of the molecule is CCc1nn2cccnc2c1C(C)(C)c1ccc(-c2nnc(C3CCN(C(=O)CNC)CC3)o2)cc1. The van der Waals surface area contributed by atoms with Crippen molar-refractivity contribution in [2.24, 2.45) is 0 Å². The molecule has 0 aliphatic carbocycles. The van der Waals surface area contributed by atoms with Crippen LogP contribution in [0.4, 0.5) is 0 Å². The van der Waals surface area contributed by atoms with Gasteiger partial charge >= 0.3 is 0 Å². The van der Waals surface area contributed by atoms with Crippen LogP contribution in [0.15, 0.2) is 47.1 Å². The zero-order valence-corrected chi connectivity index (χ0v) is 21.4. The van der Waals surface area contributed by atoms with Gasteiger partial charge < -0.3 is 14.6 Å². The molecule has 0 spiro atoms. The van der Waals surface area contributed by atoms with Crippen molar-refractivity contribution in [3.63, 3.8) is 0 Å². The molecule has 0 radical (unpaired) electrons. The van der Waals surface area contributed by atoms with Gasteiger partial charge in [0, 0.05) is 47.9 Å². The number of aromatic nitrogens is 5. The van der Waals surface area contributed by atoms with Gasteiger partial charge in [-0.2, -0.15) is 5.10 Å². The number of hydrogen-bond donors (Lipinski definition) is 1. The third kappa shape index (κ3) is 4.39. The van der Waals surface area contributed by atoms with Gasteiger partial charge in [-0.3, -0.25) is 4.79 Å². The summed E-state index contributed by atoms with van der Waals surface area (Å²) in [7, 11) is 1.79. The molecule has 0 unspecified atom stereocenters. The summed E-state index contributed by atoms with van der Waals surface area (Å²) in [4.78, 5) is 18.6. The lowest BCUT2D eigenvalue weighted by Crippen LogP contribution is -2.41. The average molecular weight is 488 g/mol. The minimum absolute atomic E-state index is 0.135. The fraction of sp³-hybridized carbons (Fsp3) is 0.444. The van der Waals surface area contributed by atoms with Crippen molar-refractivity contribution in [3.05, 3.63) is 65.4 Å². The molecule has 5 rings (SSSR count). The lowest BCUT2D eigenvalue weighted by atomic mass is 9.77. The molecule has 1 aliphatic heterocycles. The summed E-state index contributed by atoms with van der Waals surface area (Å²) in [6, 6.07) is 10.2. The summed E-state index contributed by atoms with van der Waals surface area (Å²) in [5.41, 5.74) is 4.88. The number of fused-ring (bicyclic) bond motifs is 1. The first-order valence-electron chi connectivity index (χ1n) is 12.6. The Morgan fingerprint density at radius 1 is 1.17 bits per heavy atom. The number of piperidine rings is 1. The first kappa shape index (κ1) is 24.1. The van der Waals surface area contributed by atoms with Gasteiger partial charge in [-0.1, -0.05) is 32.9 Å². The smallest absolute Gasteiger partial charge is 0.247 e. The van der Waals surface area contributed by atoms with E-state index in [1.807, 2.05) is 40.0 Å². The van der Waals surface area contributed by atoms with E-state index in [1.54, 1.807) is 7.05 Å². The summed E-state index contributed by atoms with van der Waals surface area (Å²) in [6.07, 6.45) is 6.26. The number of aryl methyl sites for hydroxylation is 1. The Hall–Kier alpha value is -3.59. The van der Waals surface area contributed by atoms with Crippen LogP contribution in [0.3, 0.4) is 0 Å². The second-order valence-corrected chi connectivity index (χ2v) is 9.90. The first-order valence-corrected chi connectivity index (χ1v) is 12.6. The van der Waals surface area contributed by atoms with E-state index in [9.17, 15) is 4.79 Å². The van der Waals surface area contributed by atoms with Crippen molar-refractivity contribution in [3.8, 4) is 11.5 Å². The third-order valence-corrected chi connectivity index (χ3v) is 7.25. The van der Waals surface area contributed by atoms with Crippen LogP contribution in [0.1, 0.15) is 62.2 Å². The number of nitrogens with one attached hydrogen (secondary N) is 1. The van der Waals surface area contributed by atoms with E-state index in [0.717, 1.165) is 41.7 Å². The van der Waals surface area contributed by atoms with E-state index < -0.39 is 0 Å². The molecule has 1 N–H and O–H groups in total. The number of benzene rings is 1. The highest BCUT2D eigenvalue weighted by Gasteiger charge is 2.31. The van der Waals surface area contributed by atoms with Crippen LogP contribution in [0.25, 0.3) is 17.1 Å². The number of nitrogens with zero attached hydrogens (tertiary/aromatic N) is 6. The van der Waals surface area contributed by atoms with Crippen molar-refractivity contribution in [2.75, 3.05) is 26.7 Å². The van der Waals surface area contributed by atoms with Gasteiger partial charge in [0.05, 0.1) is 12.2 Å². The Bertz CT molecular complexity index is 1350. The number of rotatable bonds is 7. The highest BCUT2D eigenvalue weighted by Crippen LogP contribution is 2.37. The molecule has 9 heteroatoms. The molecule has 3 aromatic heterocycles. The van der Waals surface area contributed by atoms with Crippen LogP contribution in [-0.4, -0.2) is 62.3 Å². The first-order chi connectivity index (χ1) is 17.4. The molecule has 188 valence electrons. The quantitative estimate of drug-likeness (QED) is 0.425. The maximum atomic E-state index is 12.1. The highest BCUT2D eigenvalue weighted by atomic mass is 16.4. The molecule has 1 aliphatic rings. The predicted molar refractivity (Wildman–Crippen MR) is 137 cm³/mol. The number of amides is 1. The molecular weight excluding hydrogens is 454 g/mol. The zero-order valence-electron chi connectivity index (χ0n) is 21.4. The molecule has 1 amide bonds. The number of hydrogen-bond acceptors (Lipinski definition) is 7. The van der Waals surface area contributed by atoms with Gasteiger partial charge in [0.15, 0.2) is 5.65 Å². The van der Waals surface area contributed by atoms with E-state index in [1.165, 1.54) is 5.56 Å². The van der Waals surface area contributed by atoms with Crippen LogP contribution in [0.5, 0.6) is 0 Å². The van der Waals surface area contributed by atoms with Crippen LogP contribution >= 0.6 is 0 Å². The summed E-state index contributed by atoms with van der Waals surface area (Å²) >= 11 is 0. The number of carbonyl (C=O) groups excluding carboxylic acids is 1. The van der Waals surface area contributed by atoms with Crippen molar-refractivity contribution in [2.45, 2.75) is 51.4 Å². The maximum absolute atomic E-state index is 12.1. The summed E-state index contributed by atoms with van der Waals surface area (Å²) in [6.45, 7) is 8.35. The van der Waals surface area contributed by atoms with Gasteiger partial charge in [-0.15, -0.1) is 10.2 Å². The van der Waals surface area contributed by atoms with Crippen LogP contribution in [0.2, 0.25) is 0 Å². The van der Waals surface area contributed by atoms with Gasteiger partial charge in [-0.25, -0.2) is 9.50 Å². The standard InChI is InChI=1S/C27H33N7O2/c1-5-21-23(24-29-13-6-14-34(24)32-21)27(2,3)20-9-7-18(8-10-20)25-30-31-26(36-25)19-11-15-33(16-12-19)22(35)17-28-4/h6-10,13-14,19,28H,5,11-12,15-17H2,1-4H3. The summed E-state index contributed by atoms with van der Waals surface area (Å²) in [5, 5.41) is 16.3. The Morgan fingerprint density at radius 2 is 1.92 bits per heavy atom. The topological polar surface area (TPSA) is 101 Å². The molecule has 4 heterocycles. The highest BCUT2D eigenvalue weighted by molar-refractivity contribution is 5.78. The molecule has 1 aromatic carbocycles. The molecule has 0 bridgehead atoms. The summed E-state index contributed by atoms with van der Waals surface area (Å²) in [5.74, 6) is 1.49. The van der Waals surface area contributed by atoms with Crippen molar-refractivity contribution in [1.29, 1.82) is 0 Å². The molecule has 36 heavy (non-hydrogen) atoms. The van der Waals surface area contributed by atoms with Gasteiger partial charge in [-0.05, 0) is 50.1 Å². The van der Waals surface area contributed by atoms with Crippen LogP contribution < -0.4 is 5.32 Å². The predicted octanol–water partition coefficient (Wildman–Crippen LogP) is 3.59. The molecule has 1 saturated heterocycles. The number of carbonyl (C=O) groups is 1. The number of likely N-dealkylation sites (N-methyl/N-ethyl adjacent to an activating group) is 1. The zero-order chi connectivity index (χ0) is 25.3. The van der Waals surface area contributed by atoms with Crippen molar-refractivity contribution < 1.29 is 9.21 Å². The van der Waals surface area contributed by atoms with Crippen molar-refractivity contribution in [1.82, 2.24) is 35.0 Å². The average Bonchev–Trinajstić information content (AvgIpc) is 3.54. The van der Waals surface area contributed by atoms with E-state index in [4.69, 9.17) is 9.52 Å². The van der Waals surface area contributed by atoms with Crippen LogP contribution in [0, 0.1) is 0 Å². The molecule has 9 nitrogen and oxygen atoms in total. The molecule has 4 aromatic rings. The number of likely N-dealkylation sites (tertiary alicyclic amines) is 1. The lowest BCUT2D eigenvalue weighted by Gasteiger charge is -2.30. The third-order valence-electron chi connectivity index (χ3n) is 7.25. The lowest BCUT2D eigenvalue weighted by molar-refractivity contribution is -0.131. The Labute approximate surface area is 210 Å². The fourth-order valence-corrected chi connectivity index (χ4v) is 5.15. The molecular formula is C27H33N7O2. The van der Waals surface area contributed by atoms with Gasteiger partial charge in [0.1, 0.15) is 0 Å². The minimum atomic E-state index is -0.279. The normalized spacial score (nSPS) is 15.1. The Morgan fingerprint density at radius 3 is 2.61 bits per heavy atom. The Kier molecular flexibility index (Phi) is 6.57. The largest absolute Gasteiger partial charge is 0.420 e. The molecule has 0 atom stereocenters. The monoisotopic (exact) mass is 487 g/mol. The fourth-order valence-electron chi connectivity index (χ4n) is 5.15. The Balaban J connectivity index is 1.33. The van der Waals surface area contributed by atoms with E-state index in [2.05, 4.69) is 53.4 Å². The second kappa shape index (κ2) is 9.81. The van der Waals surface area contributed by atoms with E-state index in [0.29, 0.717) is 31.4 Å². The van der Waals surface area contributed by atoms with Gasteiger partial charge in [0.2, 0.25) is 17.7 Å². The van der Waals surface area contributed by atoms with Crippen LogP contribution in [-0.2, 0) is 16.6 Å². The van der Waals surface area contributed by atoms with E-state index >= 15 is 0 Å².